The number of imidazole rings is 1. The van der Waals surface area contributed by atoms with E-state index in [1.165, 1.54) is 0 Å². The molecule has 2 fully saturated rings. The molecule has 2 aromatic rings. The van der Waals surface area contributed by atoms with Gasteiger partial charge in [0.15, 0.2) is 0 Å². The number of hydrogen-bond acceptors (Lipinski definition) is 3. The summed E-state index contributed by atoms with van der Waals surface area (Å²) < 4.78 is 2.12. The first-order valence-corrected chi connectivity index (χ1v) is 7.02. The van der Waals surface area contributed by atoms with E-state index in [0.29, 0.717) is 11.4 Å². The van der Waals surface area contributed by atoms with Crippen LogP contribution in [0.4, 0.5) is 0 Å². The van der Waals surface area contributed by atoms with E-state index in [0.717, 1.165) is 37.0 Å². The van der Waals surface area contributed by atoms with Crippen LogP contribution in [0.5, 0.6) is 0 Å². The topological polar surface area (TPSA) is 75.3 Å². The highest BCUT2D eigenvalue weighted by Gasteiger charge is 2.48. The number of aromatic nitrogens is 2. The van der Waals surface area contributed by atoms with E-state index in [-0.39, 0.29) is 17.7 Å². The van der Waals surface area contributed by atoms with Crippen LogP contribution in [0.3, 0.4) is 0 Å². The van der Waals surface area contributed by atoms with Crippen molar-refractivity contribution < 1.29 is 15.0 Å². The van der Waals surface area contributed by atoms with Gasteiger partial charge in [0, 0.05) is 5.92 Å². The number of aliphatic hydroxyl groups is 1. The molecule has 20 heavy (non-hydrogen) atoms. The fourth-order valence-electron chi connectivity index (χ4n) is 3.00. The Bertz CT molecular complexity index is 711. The second kappa shape index (κ2) is 3.82. The van der Waals surface area contributed by atoms with Crippen LogP contribution in [0.1, 0.15) is 47.8 Å². The fourth-order valence-corrected chi connectivity index (χ4v) is 3.00. The minimum absolute atomic E-state index is 0.0927. The number of fused-ring (bicyclic) bond motifs is 1. The van der Waals surface area contributed by atoms with Crippen molar-refractivity contribution in [3.05, 3.63) is 29.6 Å². The van der Waals surface area contributed by atoms with E-state index in [1.807, 2.05) is 6.07 Å². The van der Waals surface area contributed by atoms with Gasteiger partial charge in [0.25, 0.3) is 0 Å². The van der Waals surface area contributed by atoms with Gasteiger partial charge in [-0.2, -0.15) is 0 Å². The molecular weight excluding hydrogens is 256 g/mol. The SMILES string of the molecule is O=C(O)c1cccc2c1nc(C1CC1)n2C1(CO)CC1. The van der Waals surface area contributed by atoms with E-state index in [1.54, 1.807) is 12.1 Å². The van der Waals surface area contributed by atoms with Crippen molar-refractivity contribution >= 4 is 17.0 Å². The Balaban J connectivity index is 2.02. The summed E-state index contributed by atoms with van der Waals surface area (Å²) in [6.07, 6.45) is 4.08. The van der Waals surface area contributed by atoms with Crippen LogP contribution in [-0.4, -0.2) is 32.3 Å². The molecule has 0 unspecified atom stereocenters. The van der Waals surface area contributed by atoms with E-state index >= 15 is 0 Å². The van der Waals surface area contributed by atoms with Crippen LogP contribution in [0.15, 0.2) is 18.2 Å². The van der Waals surface area contributed by atoms with E-state index in [4.69, 9.17) is 0 Å². The number of nitrogens with zero attached hydrogens (tertiary/aromatic N) is 2. The Labute approximate surface area is 115 Å². The smallest absolute Gasteiger partial charge is 0.337 e. The summed E-state index contributed by atoms with van der Waals surface area (Å²) in [5.74, 6) is 0.435. The molecule has 0 radical (unpaired) electrons. The van der Waals surface area contributed by atoms with Gasteiger partial charge in [-0.1, -0.05) is 6.07 Å². The van der Waals surface area contributed by atoms with Crippen LogP contribution < -0.4 is 0 Å². The molecule has 0 amide bonds. The predicted molar refractivity (Wildman–Crippen MR) is 73.0 cm³/mol. The molecule has 1 heterocycles. The highest BCUT2D eigenvalue weighted by Crippen LogP contribution is 2.50. The minimum atomic E-state index is -0.948. The maximum atomic E-state index is 11.4. The third-order valence-electron chi connectivity index (χ3n) is 4.48. The molecule has 0 bridgehead atoms. The van der Waals surface area contributed by atoms with Gasteiger partial charge in [-0.25, -0.2) is 9.78 Å². The zero-order chi connectivity index (χ0) is 13.9. The number of benzene rings is 1. The first-order valence-electron chi connectivity index (χ1n) is 7.02. The average molecular weight is 272 g/mol. The lowest BCUT2D eigenvalue weighted by Crippen LogP contribution is -2.23. The number of carbonyl (C=O) groups is 1. The number of carboxylic acid groups (broad SMARTS) is 1. The highest BCUT2D eigenvalue weighted by atomic mass is 16.4. The quantitative estimate of drug-likeness (QED) is 0.893. The van der Waals surface area contributed by atoms with Crippen molar-refractivity contribution in [1.82, 2.24) is 9.55 Å². The van der Waals surface area contributed by atoms with Gasteiger partial charge in [0.05, 0.1) is 23.2 Å². The Morgan fingerprint density at radius 3 is 2.70 bits per heavy atom. The first kappa shape index (κ1) is 11.9. The third kappa shape index (κ3) is 1.53. The molecule has 1 aromatic heterocycles. The van der Waals surface area contributed by atoms with E-state index in [9.17, 15) is 15.0 Å². The summed E-state index contributed by atoms with van der Waals surface area (Å²) in [5.41, 5.74) is 1.40. The van der Waals surface area contributed by atoms with Gasteiger partial charge >= 0.3 is 5.97 Å². The molecule has 0 atom stereocenters. The lowest BCUT2D eigenvalue weighted by atomic mass is 10.1. The van der Waals surface area contributed by atoms with Crippen molar-refractivity contribution in [3.63, 3.8) is 0 Å². The number of para-hydroxylation sites is 1. The number of aromatic carboxylic acids is 1. The van der Waals surface area contributed by atoms with Crippen molar-refractivity contribution in [2.24, 2.45) is 0 Å². The molecular formula is C15H16N2O3. The van der Waals surface area contributed by atoms with Crippen LogP contribution in [0, 0.1) is 0 Å². The Hall–Kier alpha value is -1.88. The summed E-state index contributed by atoms with van der Waals surface area (Å²) in [6.45, 7) is 0.0927. The average Bonchev–Trinajstić information content (AvgIpc) is 3.35. The number of carboxylic acids is 1. The van der Waals surface area contributed by atoms with Crippen molar-refractivity contribution in [2.75, 3.05) is 6.61 Å². The lowest BCUT2D eigenvalue weighted by molar-refractivity contribution is 0.0699. The Morgan fingerprint density at radius 1 is 1.40 bits per heavy atom. The summed E-state index contributed by atoms with van der Waals surface area (Å²) >= 11 is 0. The number of rotatable bonds is 4. The standard InChI is InChI=1S/C15H16N2O3/c18-8-15(6-7-15)17-11-3-1-2-10(14(19)20)12(11)16-13(17)9-4-5-9/h1-3,9,18H,4-8H2,(H,19,20). The van der Waals surface area contributed by atoms with E-state index in [2.05, 4.69) is 9.55 Å². The summed E-state index contributed by atoms with van der Waals surface area (Å²) in [5, 5.41) is 19.0. The van der Waals surface area contributed by atoms with Crippen molar-refractivity contribution in [2.45, 2.75) is 37.1 Å². The fraction of sp³-hybridized carbons (Fsp3) is 0.467. The molecule has 1 aromatic carbocycles. The molecule has 104 valence electrons. The van der Waals surface area contributed by atoms with Gasteiger partial charge in [0.2, 0.25) is 0 Å². The molecule has 5 nitrogen and oxygen atoms in total. The molecule has 0 aliphatic heterocycles. The van der Waals surface area contributed by atoms with Crippen molar-refractivity contribution in [1.29, 1.82) is 0 Å². The Morgan fingerprint density at radius 2 is 2.15 bits per heavy atom. The number of aliphatic hydroxyl groups excluding tert-OH is 1. The zero-order valence-corrected chi connectivity index (χ0v) is 11.0. The zero-order valence-electron chi connectivity index (χ0n) is 11.0. The predicted octanol–water partition coefficient (Wildman–Crippen LogP) is 2.09. The van der Waals surface area contributed by atoms with Crippen LogP contribution in [-0.2, 0) is 5.54 Å². The van der Waals surface area contributed by atoms with Gasteiger partial charge in [-0.15, -0.1) is 0 Å². The molecule has 2 aliphatic rings. The number of hydrogen-bond donors (Lipinski definition) is 2. The lowest BCUT2D eigenvalue weighted by Gasteiger charge is -2.18. The van der Waals surface area contributed by atoms with Crippen LogP contribution in [0.2, 0.25) is 0 Å². The second-order valence-corrected chi connectivity index (χ2v) is 5.94. The normalized spacial score (nSPS) is 20.2. The van der Waals surface area contributed by atoms with E-state index < -0.39 is 5.97 Å². The van der Waals surface area contributed by atoms with Crippen LogP contribution in [0.25, 0.3) is 11.0 Å². The minimum Gasteiger partial charge on any atom is -0.478 e. The highest BCUT2D eigenvalue weighted by molar-refractivity contribution is 6.01. The van der Waals surface area contributed by atoms with Gasteiger partial charge in [-0.3, -0.25) is 0 Å². The van der Waals surface area contributed by atoms with Gasteiger partial charge < -0.3 is 14.8 Å². The molecule has 0 spiro atoms. The van der Waals surface area contributed by atoms with Gasteiger partial charge in [-0.05, 0) is 37.8 Å². The molecule has 2 saturated carbocycles. The first-order chi connectivity index (χ1) is 9.66. The van der Waals surface area contributed by atoms with Crippen LogP contribution >= 0.6 is 0 Å². The largest absolute Gasteiger partial charge is 0.478 e. The monoisotopic (exact) mass is 272 g/mol. The molecule has 5 heteroatoms. The molecule has 2 N–H and O–H groups in total. The summed E-state index contributed by atoms with van der Waals surface area (Å²) in [4.78, 5) is 16.0. The third-order valence-corrected chi connectivity index (χ3v) is 4.48. The maximum absolute atomic E-state index is 11.4. The van der Waals surface area contributed by atoms with Crippen molar-refractivity contribution in [3.8, 4) is 0 Å². The molecule has 2 aliphatic carbocycles. The maximum Gasteiger partial charge on any atom is 0.337 e. The molecule has 4 rings (SSSR count). The van der Waals surface area contributed by atoms with Gasteiger partial charge in [0.1, 0.15) is 11.3 Å². The molecule has 0 saturated heterocycles. The second-order valence-electron chi connectivity index (χ2n) is 5.94. The Kier molecular flexibility index (Phi) is 2.27. The summed E-state index contributed by atoms with van der Waals surface area (Å²) in [6, 6.07) is 5.27. The summed E-state index contributed by atoms with van der Waals surface area (Å²) in [7, 11) is 0.